The molecular weight excluding hydrogens is 409 g/mol. The molecule has 166 valence electrons. The molecule has 0 unspecified atom stereocenters. The van der Waals surface area contributed by atoms with Crippen LogP contribution in [0.1, 0.15) is 76.1 Å². The first-order valence-corrected chi connectivity index (χ1v) is 9.65. The normalized spacial score (nSPS) is 12.0. The molecular formula is C21H37Cl2N5O. The number of fused-ring (bicyclic) bond motifs is 1. The number of carbonyl (C=O) groups excluding carboxylic acids is 1. The molecule has 2 aromatic heterocycles. The number of aryl methyl sites for hydroxylation is 1. The highest BCUT2D eigenvalue weighted by atomic mass is 35.5. The van der Waals surface area contributed by atoms with Gasteiger partial charge < -0.3 is 10.6 Å². The third kappa shape index (κ3) is 5.83. The maximum atomic E-state index is 13.4. The Morgan fingerprint density at radius 2 is 1.76 bits per heavy atom. The van der Waals surface area contributed by atoms with Crippen LogP contribution in [0.5, 0.6) is 0 Å². The highest BCUT2D eigenvalue weighted by molar-refractivity contribution is 6.06. The summed E-state index contributed by atoms with van der Waals surface area (Å²) in [6, 6.07) is 1.93. The van der Waals surface area contributed by atoms with Crippen LogP contribution in [0.3, 0.4) is 0 Å². The Hall–Kier alpha value is -1.37. The van der Waals surface area contributed by atoms with Gasteiger partial charge in [-0.3, -0.25) is 4.79 Å². The Bertz CT molecular complexity index is 853. The number of pyridine rings is 1. The van der Waals surface area contributed by atoms with Crippen LogP contribution in [0, 0.1) is 12.3 Å². The fourth-order valence-corrected chi connectivity index (χ4v) is 3.22. The number of hydrogen-bond donors (Lipinski definition) is 1. The summed E-state index contributed by atoms with van der Waals surface area (Å²) in [6.45, 7) is 17.7. The molecule has 0 fully saturated rings. The van der Waals surface area contributed by atoms with Crippen molar-refractivity contribution in [1.29, 1.82) is 0 Å². The zero-order valence-electron chi connectivity index (χ0n) is 19.2. The molecule has 2 rings (SSSR count). The predicted molar refractivity (Wildman–Crippen MR) is 126 cm³/mol. The fourth-order valence-electron chi connectivity index (χ4n) is 3.22. The summed E-state index contributed by atoms with van der Waals surface area (Å²) >= 11 is 0. The van der Waals surface area contributed by atoms with Gasteiger partial charge in [-0.1, -0.05) is 27.7 Å². The van der Waals surface area contributed by atoms with Gasteiger partial charge >= 0.3 is 0 Å². The monoisotopic (exact) mass is 445 g/mol. The minimum atomic E-state index is -0.219. The van der Waals surface area contributed by atoms with Gasteiger partial charge in [0, 0.05) is 19.3 Å². The van der Waals surface area contributed by atoms with E-state index >= 15 is 0 Å². The SMILES string of the molecule is Cc1nn(C(C)(C)C)c2nc(C(C)C)cc(C(=O)N(C)CC(C)(C)CN)c12.Cl.Cl. The van der Waals surface area contributed by atoms with Crippen molar-refractivity contribution in [1.82, 2.24) is 19.7 Å². The second-order valence-corrected chi connectivity index (χ2v) is 9.65. The summed E-state index contributed by atoms with van der Waals surface area (Å²) in [5.41, 5.74) is 8.69. The number of carbonyl (C=O) groups is 1. The van der Waals surface area contributed by atoms with Crippen molar-refractivity contribution in [3.8, 4) is 0 Å². The van der Waals surface area contributed by atoms with E-state index < -0.39 is 0 Å². The molecule has 8 heteroatoms. The Balaban J connectivity index is 0.00000392. The second-order valence-electron chi connectivity index (χ2n) is 9.65. The lowest BCUT2D eigenvalue weighted by Crippen LogP contribution is -2.39. The van der Waals surface area contributed by atoms with Gasteiger partial charge in [0.2, 0.25) is 0 Å². The second kappa shape index (κ2) is 9.63. The molecule has 0 aromatic carbocycles. The van der Waals surface area contributed by atoms with Crippen LogP contribution in [-0.4, -0.2) is 45.7 Å². The van der Waals surface area contributed by atoms with Crippen molar-refractivity contribution >= 4 is 41.8 Å². The summed E-state index contributed by atoms with van der Waals surface area (Å²) in [6.07, 6.45) is 0. The van der Waals surface area contributed by atoms with E-state index in [-0.39, 0.29) is 47.6 Å². The van der Waals surface area contributed by atoms with Crippen molar-refractivity contribution in [2.45, 2.75) is 66.8 Å². The molecule has 0 aliphatic rings. The first kappa shape index (κ1) is 27.6. The number of aromatic nitrogens is 3. The maximum absolute atomic E-state index is 13.4. The number of nitrogens with zero attached hydrogens (tertiary/aromatic N) is 4. The van der Waals surface area contributed by atoms with Crippen molar-refractivity contribution in [3.63, 3.8) is 0 Å². The van der Waals surface area contributed by atoms with E-state index in [0.717, 1.165) is 22.4 Å². The molecule has 0 bridgehead atoms. The first-order valence-electron chi connectivity index (χ1n) is 9.65. The molecule has 0 saturated heterocycles. The van der Waals surface area contributed by atoms with E-state index in [0.29, 0.717) is 18.7 Å². The van der Waals surface area contributed by atoms with Gasteiger partial charge in [-0.15, -0.1) is 24.8 Å². The average Bonchev–Trinajstić information content (AvgIpc) is 2.90. The molecule has 29 heavy (non-hydrogen) atoms. The Kier molecular flexibility index (Phi) is 9.17. The Morgan fingerprint density at radius 1 is 1.21 bits per heavy atom. The van der Waals surface area contributed by atoms with Crippen molar-refractivity contribution < 1.29 is 4.79 Å². The van der Waals surface area contributed by atoms with Crippen LogP contribution in [0.4, 0.5) is 0 Å². The van der Waals surface area contributed by atoms with Gasteiger partial charge in [0.1, 0.15) is 0 Å². The fraction of sp³-hybridized carbons (Fsp3) is 0.667. The van der Waals surface area contributed by atoms with E-state index in [1.165, 1.54) is 0 Å². The molecule has 2 heterocycles. The van der Waals surface area contributed by atoms with Gasteiger partial charge in [-0.2, -0.15) is 5.10 Å². The number of hydrogen-bond acceptors (Lipinski definition) is 4. The molecule has 6 nitrogen and oxygen atoms in total. The molecule has 0 radical (unpaired) electrons. The van der Waals surface area contributed by atoms with E-state index in [9.17, 15) is 4.79 Å². The van der Waals surface area contributed by atoms with Crippen LogP contribution >= 0.6 is 24.8 Å². The Labute approximate surface area is 187 Å². The summed E-state index contributed by atoms with van der Waals surface area (Å²) in [5, 5.41) is 5.56. The maximum Gasteiger partial charge on any atom is 0.254 e. The Morgan fingerprint density at radius 3 is 2.21 bits per heavy atom. The van der Waals surface area contributed by atoms with Crippen LogP contribution in [0.2, 0.25) is 0 Å². The lowest BCUT2D eigenvalue weighted by molar-refractivity contribution is 0.0742. The zero-order valence-corrected chi connectivity index (χ0v) is 20.8. The van der Waals surface area contributed by atoms with E-state index in [2.05, 4.69) is 48.5 Å². The molecule has 2 aromatic rings. The highest BCUT2D eigenvalue weighted by Crippen LogP contribution is 2.30. The van der Waals surface area contributed by atoms with Crippen LogP contribution in [0.25, 0.3) is 11.0 Å². The van der Waals surface area contributed by atoms with E-state index in [1.807, 2.05) is 24.7 Å². The predicted octanol–water partition coefficient (Wildman–Crippen LogP) is 4.52. The highest BCUT2D eigenvalue weighted by Gasteiger charge is 2.28. The average molecular weight is 446 g/mol. The van der Waals surface area contributed by atoms with E-state index in [1.54, 1.807) is 4.90 Å². The molecule has 0 aliphatic heterocycles. The van der Waals surface area contributed by atoms with E-state index in [4.69, 9.17) is 15.8 Å². The van der Waals surface area contributed by atoms with Crippen LogP contribution in [0.15, 0.2) is 6.07 Å². The zero-order chi connectivity index (χ0) is 20.7. The molecule has 0 saturated carbocycles. The lowest BCUT2D eigenvalue weighted by Gasteiger charge is -2.29. The van der Waals surface area contributed by atoms with Crippen LogP contribution in [-0.2, 0) is 5.54 Å². The molecule has 2 N–H and O–H groups in total. The van der Waals surface area contributed by atoms with Crippen LogP contribution < -0.4 is 5.73 Å². The summed E-state index contributed by atoms with van der Waals surface area (Å²) in [7, 11) is 1.84. The summed E-state index contributed by atoms with van der Waals surface area (Å²) in [5.74, 6) is 0.206. The molecule has 0 spiro atoms. The summed E-state index contributed by atoms with van der Waals surface area (Å²) < 4.78 is 1.93. The van der Waals surface area contributed by atoms with Gasteiger partial charge in [-0.05, 0) is 51.6 Å². The van der Waals surface area contributed by atoms with Gasteiger partial charge in [0.05, 0.1) is 22.2 Å². The topological polar surface area (TPSA) is 77.0 Å². The molecule has 0 atom stereocenters. The van der Waals surface area contributed by atoms with Crippen molar-refractivity contribution in [3.05, 3.63) is 23.0 Å². The quantitative estimate of drug-likeness (QED) is 0.733. The summed E-state index contributed by atoms with van der Waals surface area (Å²) in [4.78, 5) is 20.0. The minimum absolute atomic E-state index is 0. The molecule has 1 amide bonds. The number of halogens is 2. The van der Waals surface area contributed by atoms with Crippen molar-refractivity contribution in [2.75, 3.05) is 20.1 Å². The third-order valence-corrected chi connectivity index (χ3v) is 4.85. The number of rotatable bonds is 5. The van der Waals surface area contributed by atoms with Gasteiger partial charge in [0.15, 0.2) is 5.65 Å². The smallest absolute Gasteiger partial charge is 0.254 e. The number of nitrogens with two attached hydrogens (primary N) is 1. The van der Waals surface area contributed by atoms with Crippen molar-refractivity contribution in [2.24, 2.45) is 11.1 Å². The number of amides is 1. The standard InChI is InChI=1S/C21H35N5O.2ClH/c1-13(2)16-10-15(19(27)25(9)12-21(7,8)11-22)17-14(3)24-26(18(17)23-16)20(4,5)6;;/h10,13H,11-12,22H2,1-9H3;2*1H. The third-order valence-electron chi connectivity index (χ3n) is 4.85. The van der Waals surface area contributed by atoms with Gasteiger partial charge in [-0.25, -0.2) is 9.67 Å². The largest absolute Gasteiger partial charge is 0.341 e. The molecule has 0 aliphatic carbocycles. The first-order chi connectivity index (χ1) is 12.3. The van der Waals surface area contributed by atoms with Gasteiger partial charge in [0.25, 0.3) is 5.91 Å². The minimum Gasteiger partial charge on any atom is -0.341 e. The lowest BCUT2D eigenvalue weighted by atomic mass is 9.93.